The van der Waals surface area contributed by atoms with E-state index in [0.717, 1.165) is 25.7 Å². The van der Waals surface area contributed by atoms with Crippen molar-refractivity contribution in [3.63, 3.8) is 0 Å². The highest BCUT2D eigenvalue weighted by molar-refractivity contribution is 5.85. The molecule has 0 spiro atoms. The zero-order chi connectivity index (χ0) is 13.8. The second-order valence-corrected chi connectivity index (χ2v) is 5.36. The highest BCUT2D eigenvalue weighted by atomic mass is 16.4. The van der Waals surface area contributed by atoms with E-state index in [1.807, 2.05) is 0 Å². The Morgan fingerprint density at radius 2 is 2.21 bits per heavy atom. The molecule has 0 aromatic rings. The standard InChI is InChI=1S/C12H18N4O3/c13-15-14-6-8-5-10(17)16(7-8)11(12(18)19)9-3-1-2-4-9/h8-9,11H,1-7H2,(H,18,19). The third-order valence-electron chi connectivity index (χ3n) is 4.08. The maximum atomic E-state index is 12.0. The van der Waals surface area contributed by atoms with Gasteiger partial charge in [0.15, 0.2) is 0 Å². The number of amides is 1. The first kappa shape index (κ1) is 13.7. The molecule has 19 heavy (non-hydrogen) atoms. The van der Waals surface area contributed by atoms with Crippen molar-refractivity contribution in [3.8, 4) is 0 Å². The van der Waals surface area contributed by atoms with Crippen LogP contribution in [0.25, 0.3) is 10.4 Å². The first-order valence-electron chi connectivity index (χ1n) is 6.66. The van der Waals surface area contributed by atoms with Crippen molar-refractivity contribution >= 4 is 11.9 Å². The summed E-state index contributed by atoms with van der Waals surface area (Å²) in [7, 11) is 0. The van der Waals surface area contributed by atoms with Crippen molar-refractivity contribution in [2.75, 3.05) is 13.1 Å². The highest BCUT2D eigenvalue weighted by Gasteiger charge is 2.42. The van der Waals surface area contributed by atoms with E-state index < -0.39 is 12.0 Å². The van der Waals surface area contributed by atoms with Gasteiger partial charge in [-0.2, -0.15) is 0 Å². The summed E-state index contributed by atoms with van der Waals surface area (Å²) in [6.45, 7) is 0.654. The van der Waals surface area contributed by atoms with Crippen molar-refractivity contribution in [3.05, 3.63) is 10.4 Å². The lowest BCUT2D eigenvalue weighted by Crippen LogP contribution is -2.46. The van der Waals surface area contributed by atoms with Gasteiger partial charge in [0.2, 0.25) is 5.91 Å². The predicted octanol–water partition coefficient (Wildman–Crippen LogP) is 1.79. The Morgan fingerprint density at radius 3 is 2.79 bits per heavy atom. The lowest BCUT2D eigenvalue weighted by atomic mass is 9.97. The van der Waals surface area contributed by atoms with E-state index in [9.17, 15) is 14.7 Å². The number of nitrogens with zero attached hydrogens (tertiary/aromatic N) is 4. The van der Waals surface area contributed by atoms with Crippen LogP contribution < -0.4 is 0 Å². The van der Waals surface area contributed by atoms with Crippen LogP contribution in [0, 0.1) is 11.8 Å². The van der Waals surface area contributed by atoms with E-state index in [0.29, 0.717) is 6.54 Å². The van der Waals surface area contributed by atoms with Gasteiger partial charge in [0, 0.05) is 24.4 Å². The van der Waals surface area contributed by atoms with Crippen molar-refractivity contribution in [1.82, 2.24) is 4.90 Å². The van der Waals surface area contributed by atoms with Crippen LogP contribution in [0.5, 0.6) is 0 Å². The van der Waals surface area contributed by atoms with Gasteiger partial charge in [-0.05, 0) is 30.2 Å². The summed E-state index contributed by atoms with van der Waals surface area (Å²) in [5, 5.41) is 12.9. The van der Waals surface area contributed by atoms with Crippen LogP contribution in [-0.4, -0.2) is 41.0 Å². The molecule has 0 radical (unpaired) electrons. The monoisotopic (exact) mass is 266 g/mol. The molecule has 1 amide bonds. The highest BCUT2D eigenvalue weighted by Crippen LogP contribution is 2.33. The quantitative estimate of drug-likeness (QED) is 0.465. The summed E-state index contributed by atoms with van der Waals surface area (Å²) in [5.41, 5.74) is 8.29. The third kappa shape index (κ3) is 2.98. The molecule has 7 heteroatoms. The van der Waals surface area contributed by atoms with Gasteiger partial charge < -0.3 is 10.0 Å². The Hall–Kier alpha value is -1.75. The summed E-state index contributed by atoms with van der Waals surface area (Å²) in [6, 6.07) is -0.703. The number of carbonyl (C=O) groups is 2. The molecule has 2 fully saturated rings. The van der Waals surface area contributed by atoms with Gasteiger partial charge in [0.1, 0.15) is 6.04 Å². The van der Waals surface area contributed by atoms with Crippen LogP contribution in [0.4, 0.5) is 0 Å². The second-order valence-electron chi connectivity index (χ2n) is 5.36. The molecular formula is C12H18N4O3. The van der Waals surface area contributed by atoms with E-state index in [4.69, 9.17) is 5.53 Å². The number of hydrogen-bond donors (Lipinski definition) is 1. The zero-order valence-electron chi connectivity index (χ0n) is 10.7. The maximum Gasteiger partial charge on any atom is 0.326 e. The van der Waals surface area contributed by atoms with Gasteiger partial charge in [-0.1, -0.05) is 18.0 Å². The van der Waals surface area contributed by atoms with Gasteiger partial charge in [-0.15, -0.1) is 0 Å². The fourth-order valence-electron chi connectivity index (χ4n) is 3.21. The molecule has 1 heterocycles. The normalized spacial score (nSPS) is 25.4. The Labute approximate surface area is 111 Å². The molecule has 2 atom stereocenters. The van der Waals surface area contributed by atoms with Gasteiger partial charge in [0.25, 0.3) is 0 Å². The second kappa shape index (κ2) is 5.93. The molecule has 1 saturated heterocycles. The maximum absolute atomic E-state index is 12.0. The van der Waals surface area contributed by atoms with Crippen LogP contribution in [0.15, 0.2) is 5.11 Å². The molecule has 104 valence electrons. The zero-order valence-corrected chi connectivity index (χ0v) is 10.7. The van der Waals surface area contributed by atoms with E-state index >= 15 is 0 Å². The van der Waals surface area contributed by atoms with E-state index in [1.54, 1.807) is 0 Å². The van der Waals surface area contributed by atoms with Gasteiger partial charge >= 0.3 is 5.97 Å². The lowest BCUT2D eigenvalue weighted by Gasteiger charge is -2.29. The molecule has 7 nitrogen and oxygen atoms in total. The number of hydrogen-bond acceptors (Lipinski definition) is 3. The molecule has 2 aliphatic rings. The van der Waals surface area contributed by atoms with Crippen LogP contribution in [0.2, 0.25) is 0 Å². The molecule has 1 aliphatic carbocycles. The molecule has 2 unspecified atom stereocenters. The largest absolute Gasteiger partial charge is 0.480 e. The number of aliphatic carboxylic acids is 1. The summed E-state index contributed by atoms with van der Waals surface area (Å²) < 4.78 is 0. The minimum absolute atomic E-state index is 0.0494. The van der Waals surface area contributed by atoms with Crippen LogP contribution in [0.1, 0.15) is 32.1 Å². The first-order valence-corrected chi connectivity index (χ1v) is 6.66. The summed E-state index contributed by atoms with van der Waals surface area (Å²) in [4.78, 5) is 27.6. The predicted molar refractivity (Wildman–Crippen MR) is 67.2 cm³/mol. The molecule has 1 N–H and O–H groups in total. The van der Waals surface area contributed by atoms with Crippen molar-refractivity contribution in [2.45, 2.75) is 38.1 Å². The molecule has 2 rings (SSSR count). The molecule has 1 aliphatic heterocycles. The van der Waals surface area contributed by atoms with E-state index in [1.165, 1.54) is 4.90 Å². The minimum atomic E-state index is -0.912. The number of likely N-dealkylation sites (tertiary alicyclic amines) is 1. The number of carboxylic acids is 1. The van der Waals surface area contributed by atoms with Crippen LogP contribution in [-0.2, 0) is 9.59 Å². The van der Waals surface area contributed by atoms with Gasteiger partial charge in [0.05, 0.1) is 0 Å². The smallest absolute Gasteiger partial charge is 0.326 e. The minimum Gasteiger partial charge on any atom is -0.480 e. The van der Waals surface area contributed by atoms with Crippen molar-refractivity contribution < 1.29 is 14.7 Å². The summed E-state index contributed by atoms with van der Waals surface area (Å²) in [5.74, 6) is -1.02. The molecule has 0 aromatic carbocycles. The fraction of sp³-hybridized carbons (Fsp3) is 0.833. The van der Waals surface area contributed by atoms with Crippen LogP contribution >= 0.6 is 0 Å². The molecule has 1 saturated carbocycles. The average Bonchev–Trinajstić information content (AvgIpc) is 2.98. The van der Waals surface area contributed by atoms with Crippen LogP contribution in [0.3, 0.4) is 0 Å². The van der Waals surface area contributed by atoms with E-state index in [2.05, 4.69) is 10.0 Å². The Kier molecular flexibility index (Phi) is 4.27. The SMILES string of the molecule is [N-]=[N+]=NCC1CC(=O)N(C(C(=O)O)C2CCCC2)C1. The number of azide groups is 1. The summed E-state index contributed by atoms with van der Waals surface area (Å²) >= 11 is 0. The number of carbonyl (C=O) groups excluding carboxylic acids is 1. The van der Waals surface area contributed by atoms with Gasteiger partial charge in [-0.25, -0.2) is 4.79 Å². The molecule has 0 bridgehead atoms. The topological polar surface area (TPSA) is 106 Å². The summed E-state index contributed by atoms with van der Waals surface area (Å²) in [6.07, 6.45) is 4.12. The number of rotatable bonds is 5. The first-order chi connectivity index (χ1) is 9.13. The Bertz CT molecular complexity index is 413. The average molecular weight is 266 g/mol. The Balaban J connectivity index is 2.07. The third-order valence-corrected chi connectivity index (χ3v) is 4.08. The van der Waals surface area contributed by atoms with E-state index in [-0.39, 0.29) is 30.7 Å². The lowest BCUT2D eigenvalue weighted by molar-refractivity contribution is -0.150. The molecular weight excluding hydrogens is 248 g/mol. The van der Waals surface area contributed by atoms with Gasteiger partial charge in [-0.3, -0.25) is 4.79 Å². The number of carboxylic acid groups (broad SMARTS) is 1. The van der Waals surface area contributed by atoms with Crippen molar-refractivity contribution in [2.24, 2.45) is 17.0 Å². The van der Waals surface area contributed by atoms with Crippen molar-refractivity contribution in [1.29, 1.82) is 0 Å². The molecule has 0 aromatic heterocycles. The fourth-order valence-corrected chi connectivity index (χ4v) is 3.21. The Morgan fingerprint density at radius 1 is 1.53 bits per heavy atom.